The highest BCUT2D eigenvalue weighted by molar-refractivity contribution is 6.34. The Balaban J connectivity index is 0.000000225. The zero-order valence-electron chi connectivity index (χ0n) is 36.8. The van der Waals surface area contributed by atoms with Crippen LogP contribution in [0.25, 0.3) is 44.7 Å². The second kappa shape index (κ2) is 22.4. The van der Waals surface area contributed by atoms with Crippen LogP contribution in [0.15, 0.2) is 94.5 Å². The molecule has 0 aliphatic carbocycles. The first kappa shape index (κ1) is 48.7. The van der Waals surface area contributed by atoms with E-state index in [4.69, 9.17) is 11.6 Å². The van der Waals surface area contributed by atoms with Crippen LogP contribution in [0.4, 0.5) is 29.5 Å². The molecule has 7 rings (SSSR count). The van der Waals surface area contributed by atoms with Crippen molar-refractivity contribution < 1.29 is 27.5 Å². The van der Waals surface area contributed by atoms with Crippen LogP contribution >= 0.6 is 11.6 Å². The van der Waals surface area contributed by atoms with E-state index in [2.05, 4.69) is 68.1 Å². The number of halogens is 5. The number of pyridine rings is 2. The van der Waals surface area contributed by atoms with Crippen LogP contribution in [0.5, 0.6) is 0 Å². The molecule has 66 heavy (non-hydrogen) atoms. The number of fused-ring (bicyclic) bond motifs is 2. The third kappa shape index (κ3) is 11.2. The fourth-order valence-electron chi connectivity index (χ4n) is 7.26. The Morgan fingerprint density at radius 1 is 0.606 bits per heavy atom. The van der Waals surface area contributed by atoms with Crippen LogP contribution in [0.2, 0.25) is 5.15 Å². The van der Waals surface area contributed by atoms with Crippen molar-refractivity contribution in [1.82, 2.24) is 38.9 Å². The number of benzene rings is 3. The highest BCUT2D eigenvalue weighted by atomic mass is 35.5. The molecule has 3 aromatic carbocycles. The van der Waals surface area contributed by atoms with Gasteiger partial charge in [0.1, 0.15) is 39.8 Å². The normalized spacial score (nSPS) is 11.3. The fraction of sp³-hybridized carbons (Fsp3) is 0.298. The van der Waals surface area contributed by atoms with Crippen LogP contribution in [-0.4, -0.2) is 102 Å². The lowest BCUT2D eigenvalue weighted by Crippen LogP contribution is -2.25. The minimum Gasteiger partial charge on any atom is -0.478 e. The van der Waals surface area contributed by atoms with Gasteiger partial charge in [0.2, 0.25) is 11.9 Å². The molecular weight excluding hydrogens is 880 g/mol. The molecule has 0 spiro atoms. The molecule has 0 aliphatic heterocycles. The molecule has 0 unspecified atom stereocenters. The predicted molar refractivity (Wildman–Crippen MR) is 249 cm³/mol. The van der Waals surface area contributed by atoms with Crippen molar-refractivity contribution in [2.45, 2.75) is 40.5 Å². The van der Waals surface area contributed by atoms with E-state index >= 15 is 0 Å². The molecular formula is C47H49ClF4N10O4. The van der Waals surface area contributed by atoms with Gasteiger partial charge in [0.15, 0.2) is 11.3 Å². The van der Waals surface area contributed by atoms with E-state index in [1.807, 2.05) is 0 Å². The van der Waals surface area contributed by atoms with Crippen LogP contribution in [0.1, 0.15) is 50.9 Å². The van der Waals surface area contributed by atoms with Crippen LogP contribution in [-0.2, 0) is 0 Å². The lowest BCUT2D eigenvalue weighted by Gasteiger charge is -2.18. The van der Waals surface area contributed by atoms with E-state index < -0.39 is 51.7 Å². The minimum atomic E-state index is -1.07. The number of hydrogen-bond acceptors (Lipinski definition) is 11. The molecule has 0 saturated heterocycles. The number of anilines is 2. The van der Waals surface area contributed by atoms with Gasteiger partial charge in [-0.25, -0.2) is 32.3 Å². The Bertz CT molecular complexity index is 2910. The topological polar surface area (TPSA) is 163 Å². The lowest BCUT2D eigenvalue weighted by atomic mass is 10.1. The largest absolute Gasteiger partial charge is 0.478 e. The minimum absolute atomic E-state index is 0.0232. The molecule has 19 heteroatoms. The molecule has 3 N–H and O–H groups in total. The summed E-state index contributed by atoms with van der Waals surface area (Å²) in [4.78, 5) is 58.9. The smallest absolute Gasteiger partial charge is 0.335 e. The summed E-state index contributed by atoms with van der Waals surface area (Å²) in [5.74, 6) is -4.26. The van der Waals surface area contributed by atoms with Crippen LogP contribution in [0, 0.1) is 23.3 Å². The standard InChI is InChI=1S/C27H27F2N5O3.C20H22ClF2N5O/c1-3-33(4-2)16-6-15-30-27-31-23(17-9-11-18(12-10-17)26(36)37)19-13-14-22(35)34(25(19)32-27)24-20(28)7-5-8-21(24)29;1-3-27(4-2)12-6-11-24-20-25-18(21)13-9-10-16(29)28(19(13)26-20)17-14(22)7-5-8-15(17)23/h5,7-14H,3-4,6,15-16H2,1-2H3,(H,36,37)(H,30,31,32);5,7-10H,3-4,6,11-12H2,1-2H3,(H,24,25,26). The number of carbonyl (C=O) groups is 1. The molecule has 4 aromatic heterocycles. The number of para-hydroxylation sites is 2. The third-order valence-electron chi connectivity index (χ3n) is 10.8. The van der Waals surface area contributed by atoms with Crippen molar-refractivity contribution in [2.75, 3.05) is 63.0 Å². The SMILES string of the molecule is CCN(CC)CCCNc1nc(-c2ccc(C(=O)O)cc2)c2ccc(=O)n(-c3c(F)cccc3F)c2n1.CCN(CC)CCCNc1nc(Cl)c2ccc(=O)n(-c3c(F)cccc3F)c2n1. The third-order valence-corrected chi connectivity index (χ3v) is 11.1. The number of aromatic carboxylic acids is 1. The van der Waals surface area contributed by atoms with Crippen molar-refractivity contribution in [3.8, 4) is 22.6 Å². The molecule has 346 valence electrons. The highest BCUT2D eigenvalue weighted by Crippen LogP contribution is 2.30. The maximum Gasteiger partial charge on any atom is 0.335 e. The van der Waals surface area contributed by atoms with Gasteiger partial charge in [0, 0.05) is 36.2 Å². The Labute approximate surface area is 382 Å². The molecule has 7 aromatic rings. The molecule has 0 bridgehead atoms. The van der Waals surface area contributed by atoms with Gasteiger partial charge in [-0.1, -0.05) is 63.6 Å². The Kier molecular flexibility index (Phi) is 16.5. The summed E-state index contributed by atoms with van der Waals surface area (Å²) in [5.41, 5.74) is -1.20. The predicted octanol–water partition coefficient (Wildman–Crippen LogP) is 8.42. The first-order chi connectivity index (χ1) is 31.8. The van der Waals surface area contributed by atoms with Crippen LogP contribution < -0.4 is 21.8 Å². The Morgan fingerprint density at radius 3 is 1.47 bits per heavy atom. The lowest BCUT2D eigenvalue weighted by molar-refractivity contribution is 0.0697. The van der Waals surface area contributed by atoms with Crippen molar-refractivity contribution in [2.24, 2.45) is 0 Å². The maximum atomic E-state index is 14.8. The van der Waals surface area contributed by atoms with E-state index in [1.165, 1.54) is 48.5 Å². The number of carboxylic acids is 1. The van der Waals surface area contributed by atoms with Gasteiger partial charge >= 0.3 is 5.97 Å². The second-order valence-electron chi connectivity index (χ2n) is 14.9. The average molecular weight is 929 g/mol. The van der Waals surface area contributed by atoms with Gasteiger partial charge in [0.05, 0.1) is 16.6 Å². The van der Waals surface area contributed by atoms with E-state index in [0.29, 0.717) is 35.1 Å². The molecule has 0 amide bonds. The number of rotatable bonds is 18. The zero-order valence-corrected chi connectivity index (χ0v) is 37.5. The Morgan fingerprint density at radius 2 is 1.03 bits per heavy atom. The highest BCUT2D eigenvalue weighted by Gasteiger charge is 2.21. The van der Waals surface area contributed by atoms with E-state index in [-0.39, 0.29) is 33.9 Å². The van der Waals surface area contributed by atoms with E-state index in [1.54, 1.807) is 12.1 Å². The van der Waals surface area contributed by atoms with Crippen LogP contribution in [0.3, 0.4) is 0 Å². The summed E-state index contributed by atoms with van der Waals surface area (Å²) in [6.07, 6.45) is 1.65. The molecule has 0 atom stereocenters. The van der Waals surface area contributed by atoms with Crippen molar-refractivity contribution in [3.63, 3.8) is 0 Å². The van der Waals surface area contributed by atoms with Gasteiger partial charge in [-0.2, -0.15) is 9.97 Å². The first-order valence-corrected chi connectivity index (χ1v) is 21.9. The molecule has 0 radical (unpaired) electrons. The summed E-state index contributed by atoms with van der Waals surface area (Å²) in [6.45, 7) is 15.1. The van der Waals surface area contributed by atoms with Crippen molar-refractivity contribution >= 4 is 51.5 Å². The van der Waals surface area contributed by atoms with Gasteiger partial charge in [-0.3, -0.25) is 18.7 Å². The zero-order chi connectivity index (χ0) is 47.5. The second-order valence-corrected chi connectivity index (χ2v) is 15.2. The molecule has 0 saturated carbocycles. The quantitative estimate of drug-likeness (QED) is 0.0429. The number of nitrogens with one attached hydrogen (secondary N) is 2. The van der Waals surface area contributed by atoms with Gasteiger partial charge in [-0.15, -0.1) is 0 Å². The summed E-state index contributed by atoms with van der Waals surface area (Å²) >= 11 is 6.26. The Hall–Kier alpha value is -6.76. The van der Waals surface area contributed by atoms with Gasteiger partial charge in [-0.05, 0) is 101 Å². The van der Waals surface area contributed by atoms with Gasteiger partial charge < -0.3 is 25.5 Å². The summed E-state index contributed by atoms with van der Waals surface area (Å²) in [5, 5.41) is 16.3. The summed E-state index contributed by atoms with van der Waals surface area (Å²) in [7, 11) is 0. The molecule has 4 heterocycles. The maximum absolute atomic E-state index is 14.8. The number of aromatic nitrogens is 6. The van der Waals surface area contributed by atoms with E-state index in [9.17, 15) is 37.1 Å². The van der Waals surface area contributed by atoms with Crippen molar-refractivity contribution in [1.29, 1.82) is 0 Å². The molecule has 14 nitrogen and oxygen atoms in total. The number of carboxylic acid groups (broad SMARTS) is 1. The monoisotopic (exact) mass is 928 g/mol. The molecule has 0 fully saturated rings. The van der Waals surface area contributed by atoms with Gasteiger partial charge in [0.25, 0.3) is 11.1 Å². The summed E-state index contributed by atoms with van der Waals surface area (Å²) < 4.78 is 60.0. The first-order valence-electron chi connectivity index (χ1n) is 21.5. The fourth-order valence-corrected chi connectivity index (χ4v) is 7.49. The summed E-state index contributed by atoms with van der Waals surface area (Å²) in [6, 6.07) is 18.1. The average Bonchev–Trinajstić information content (AvgIpc) is 3.30. The number of nitrogens with zero attached hydrogens (tertiary/aromatic N) is 8. The molecule has 0 aliphatic rings. The van der Waals surface area contributed by atoms with Crippen molar-refractivity contribution in [3.05, 3.63) is 140 Å². The van der Waals surface area contributed by atoms with E-state index in [0.717, 1.165) is 85.5 Å². The number of hydrogen-bond donors (Lipinski definition) is 3.